The number of alkyl halides is 3. The average Bonchev–Trinajstić information content (AvgIpc) is 2.79. The summed E-state index contributed by atoms with van der Waals surface area (Å²) < 4.78 is 56.9. The van der Waals surface area contributed by atoms with Gasteiger partial charge in [-0.25, -0.2) is 4.39 Å². The second-order valence-corrected chi connectivity index (χ2v) is 6.74. The van der Waals surface area contributed by atoms with E-state index in [-0.39, 0.29) is 18.0 Å². The first kappa shape index (κ1) is 24.2. The van der Waals surface area contributed by atoms with Crippen LogP contribution >= 0.6 is 0 Å². The number of hydrazone groups is 1. The molecule has 3 rings (SSSR count). The van der Waals surface area contributed by atoms with Gasteiger partial charge >= 0.3 is 6.18 Å². The topological polar surface area (TPSA) is 106 Å². The van der Waals surface area contributed by atoms with Crippen molar-refractivity contribution in [3.63, 3.8) is 0 Å². The number of nitro groups is 1. The molecule has 0 saturated carbocycles. The van der Waals surface area contributed by atoms with Crippen LogP contribution in [0.2, 0.25) is 0 Å². The molecular weight excluding hydrogens is 460 g/mol. The largest absolute Gasteiger partial charge is 0.483 e. The summed E-state index contributed by atoms with van der Waals surface area (Å²) in [5.41, 5.74) is 0.914. The van der Waals surface area contributed by atoms with E-state index in [1.54, 1.807) is 24.3 Å². The lowest BCUT2D eigenvalue weighted by atomic mass is 10.1. The number of hydrogen-bond donors (Lipinski definition) is 2. The van der Waals surface area contributed by atoms with Crippen LogP contribution in [0.1, 0.15) is 11.1 Å². The van der Waals surface area contributed by atoms with Crippen molar-refractivity contribution in [2.24, 2.45) is 5.10 Å². The zero-order valence-corrected chi connectivity index (χ0v) is 17.2. The molecule has 0 aliphatic rings. The summed E-state index contributed by atoms with van der Waals surface area (Å²) in [4.78, 5) is 22.3. The molecule has 0 unspecified atom stereocenters. The summed E-state index contributed by atoms with van der Waals surface area (Å²) in [6.07, 6.45) is -3.50. The van der Waals surface area contributed by atoms with Gasteiger partial charge in [-0.1, -0.05) is 12.1 Å². The molecule has 0 radical (unpaired) electrons. The number of benzene rings is 3. The maximum absolute atomic E-state index is 12.9. The van der Waals surface area contributed by atoms with Crippen molar-refractivity contribution in [3.8, 4) is 5.75 Å². The monoisotopic (exact) mass is 476 g/mol. The maximum atomic E-state index is 12.9. The second kappa shape index (κ2) is 10.4. The van der Waals surface area contributed by atoms with Crippen LogP contribution in [0.5, 0.6) is 5.75 Å². The Bertz CT molecular complexity index is 1210. The average molecular weight is 476 g/mol. The highest BCUT2D eigenvalue weighted by atomic mass is 19.4. The molecule has 12 heteroatoms. The van der Waals surface area contributed by atoms with Crippen LogP contribution in [-0.4, -0.2) is 23.7 Å². The molecule has 0 aliphatic heterocycles. The minimum Gasteiger partial charge on any atom is -0.483 e. The number of halogens is 4. The number of hydrogen-bond acceptors (Lipinski definition) is 6. The van der Waals surface area contributed by atoms with Gasteiger partial charge < -0.3 is 10.1 Å². The molecule has 2 N–H and O–H groups in total. The summed E-state index contributed by atoms with van der Waals surface area (Å²) in [6, 6.07) is 13.6. The fourth-order valence-electron chi connectivity index (χ4n) is 2.72. The SMILES string of the molecule is O=C(COc1ccccc1/C=N\Nc1ccc(C(F)(F)F)cc1[N+](=O)[O-])Nc1ccc(F)cc1. The Balaban J connectivity index is 1.67. The Morgan fingerprint density at radius 1 is 1.09 bits per heavy atom. The minimum absolute atomic E-state index is 0.244. The molecule has 0 spiro atoms. The zero-order chi connectivity index (χ0) is 24.7. The van der Waals surface area contributed by atoms with Gasteiger partial charge in [-0.15, -0.1) is 0 Å². The number of anilines is 2. The third-order valence-corrected chi connectivity index (χ3v) is 4.32. The highest BCUT2D eigenvalue weighted by Gasteiger charge is 2.33. The van der Waals surface area contributed by atoms with Gasteiger partial charge in [0.25, 0.3) is 11.6 Å². The molecular formula is C22H16F4N4O4. The van der Waals surface area contributed by atoms with Crippen molar-refractivity contribution in [2.45, 2.75) is 6.18 Å². The molecule has 3 aromatic rings. The quantitative estimate of drug-likeness (QED) is 0.201. The van der Waals surface area contributed by atoms with E-state index < -0.39 is 34.1 Å². The summed E-state index contributed by atoms with van der Waals surface area (Å²) in [7, 11) is 0. The van der Waals surface area contributed by atoms with Crippen LogP contribution in [0.3, 0.4) is 0 Å². The lowest BCUT2D eigenvalue weighted by Gasteiger charge is -2.10. The Labute approximate surface area is 190 Å². The van der Waals surface area contributed by atoms with Gasteiger partial charge in [0.1, 0.15) is 17.3 Å². The van der Waals surface area contributed by atoms with Gasteiger partial charge in [-0.05, 0) is 48.5 Å². The number of nitrogens with one attached hydrogen (secondary N) is 2. The maximum Gasteiger partial charge on any atom is 0.416 e. The predicted molar refractivity (Wildman–Crippen MR) is 116 cm³/mol. The fourth-order valence-corrected chi connectivity index (χ4v) is 2.72. The van der Waals surface area contributed by atoms with Crippen molar-refractivity contribution < 1.29 is 32.0 Å². The van der Waals surface area contributed by atoms with Gasteiger partial charge in [0.2, 0.25) is 0 Å². The molecule has 0 fully saturated rings. The van der Waals surface area contributed by atoms with Gasteiger partial charge in [0, 0.05) is 17.3 Å². The Morgan fingerprint density at radius 3 is 2.47 bits per heavy atom. The number of para-hydroxylation sites is 1. The highest BCUT2D eigenvalue weighted by molar-refractivity contribution is 5.92. The predicted octanol–water partition coefficient (Wildman–Crippen LogP) is 5.22. The molecule has 1 amide bonds. The van der Waals surface area contributed by atoms with Crippen molar-refractivity contribution in [2.75, 3.05) is 17.3 Å². The van der Waals surface area contributed by atoms with Crippen molar-refractivity contribution in [1.82, 2.24) is 0 Å². The number of rotatable bonds is 8. The normalized spacial score (nSPS) is 11.3. The van der Waals surface area contributed by atoms with Crippen molar-refractivity contribution >= 4 is 29.2 Å². The van der Waals surface area contributed by atoms with E-state index >= 15 is 0 Å². The van der Waals surface area contributed by atoms with E-state index in [9.17, 15) is 32.5 Å². The first-order chi connectivity index (χ1) is 16.1. The molecule has 0 heterocycles. The molecule has 0 aliphatic carbocycles. The number of carbonyl (C=O) groups is 1. The lowest BCUT2D eigenvalue weighted by molar-refractivity contribution is -0.384. The third kappa shape index (κ3) is 6.51. The third-order valence-electron chi connectivity index (χ3n) is 4.32. The summed E-state index contributed by atoms with van der Waals surface area (Å²) in [5, 5.41) is 17.5. The van der Waals surface area contributed by atoms with E-state index in [2.05, 4.69) is 15.8 Å². The van der Waals surface area contributed by atoms with E-state index in [0.717, 1.165) is 6.07 Å². The molecule has 0 saturated heterocycles. The second-order valence-electron chi connectivity index (χ2n) is 6.74. The van der Waals surface area contributed by atoms with Gasteiger partial charge in [0.05, 0.1) is 16.7 Å². The zero-order valence-electron chi connectivity index (χ0n) is 17.2. The van der Waals surface area contributed by atoms with Crippen LogP contribution in [0.4, 0.5) is 34.6 Å². The van der Waals surface area contributed by atoms with Crippen LogP contribution in [0.15, 0.2) is 71.8 Å². The van der Waals surface area contributed by atoms with E-state index in [4.69, 9.17) is 4.74 Å². The summed E-state index contributed by atoms with van der Waals surface area (Å²) >= 11 is 0. The van der Waals surface area contributed by atoms with Crippen LogP contribution in [0, 0.1) is 15.9 Å². The number of carbonyl (C=O) groups excluding carboxylic acids is 1. The van der Waals surface area contributed by atoms with E-state index in [1.165, 1.54) is 30.5 Å². The molecule has 34 heavy (non-hydrogen) atoms. The first-order valence-electron chi connectivity index (χ1n) is 9.55. The number of nitro benzene ring substituents is 1. The molecule has 176 valence electrons. The molecule has 8 nitrogen and oxygen atoms in total. The highest BCUT2D eigenvalue weighted by Crippen LogP contribution is 2.35. The van der Waals surface area contributed by atoms with E-state index in [1.807, 2.05) is 0 Å². The minimum atomic E-state index is -4.73. The van der Waals surface area contributed by atoms with Gasteiger partial charge in [-0.3, -0.25) is 20.3 Å². The smallest absolute Gasteiger partial charge is 0.416 e. The summed E-state index contributed by atoms with van der Waals surface area (Å²) in [5.74, 6) is -0.696. The van der Waals surface area contributed by atoms with Crippen LogP contribution in [0.25, 0.3) is 0 Å². The van der Waals surface area contributed by atoms with E-state index in [0.29, 0.717) is 23.4 Å². The van der Waals surface area contributed by atoms with Crippen LogP contribution < -0.4 is 15.5 Å². The number of ether oxygens (including phenoxy) is 1. The Kier molecular flexibility index (Phi) is 7.41. The standard InChI is InChI=1S/C22H16F4N4O4/c23-16-6-8-17(9-7-16)28-21(31)13-34-20-4-2-1-3-14(20)12-27-29-18-10-5-15(22(24,25)26)11-19(18)30(32)33/h1-12,29H,13H2,(H,28,31)/b27-12-. The van der Waals surface area contributed by atoms with Crippen molar-refractivity contribution in [3.05, 3.63) is 93.8 Å². The first-order valence-corrected chi connectivity index (χ1v) is 9.55. The Morgan fingerprint density at radius 2 is 1.79 bits per heavy atom. The molecule has 3 aromatic carbocycles. The van der Waals surface area contributed by atoms with Crippen LogP contribution in [-0.2, 0) is 11.0 Å². The van der Waals surface area contributed by atoms with Gasteiger partial charge in [-0.2, -0.15) is 18.3 Å². The lowest BCUT2D eigenvalue weighted by Crippen LogP contribution is -2.20. The molecule has 0 bridgehead atoms. The Hall–Kier alpha value is -4.48. The molecule has 0 atom stereocenters. The number of amides is 1. The fraction of sp³-hybridized carbons (Fsp3) is 0.0909. The van der Waals surface area contributed by atoms with Gasteiger partial charge in [0.15, 0.2) is 6.61 Å². The summed E-state index contributed by atoms with van der Waals surface area (Å²) in [6.45, 7) is -0.375. The van der Waals surface area contributed by atoms with Crippen molar-refractivity contribution in [1.29, 1.82) is 0 Å². The number of nitrogens with zero attached hydrogens (tertiary/aromatic N) is 2. The molecule has 0 aromatic heterocycles.